The number of esters is 2. The van der Waals surface area contributed by atoms with E-state index < -0.39 is 45.8 Å². The van der Waals surface area contributed by atoms with Crippen LogP contribution in [0.4, 0.5) is 18.9 Å². The number of phenolic OH excluding ortho intramolecular Hbond substituents is 1. The summed E-state index contributed by atoms with van der Waals surface area (Å²) in [6.45, 7) is 0. The molecule has 0 bridgehead atoms. The number of nitrogens with one attached hydrogen (secondary N) is 1. The van der Waals surface area contributed by atoms with Gasteiger partial charge in [0.05, 0.1) is 30.9 Å². The molecule has 1 aromatic carbocycles. The molecule has 0 radical (unpaired) electrons. The minimum absolute atomic E-state index is 0.403. The number of carbonyl (C=O) groups is 2. The van der Waals surface area contributed by atoms with Gasteiger partial charge in [0.15, 0.2) is 0 Å². The number of rotatable bonds is 4. The summed E-state index contributed by atoms with van der Waals surface area (Å²) in [4.78, 5) is 22.7. The lowest BCUT2D eigenvalue weighted by Gasteiger charge is -2.14. The first-order valence-corrected chi connectivity index (χ1v) is 6.22. The molecule has 1 aromatic rings. The Morgan fingerprint density at radius 1 is 1.26 bits per heavy atom. The molecule has 0 saturated carbocycles. The second-order valence-electron chi connectivity index (χ2n) is 4.05. The van der Waals surface area contributed by atoms with Gasteiger partial charge in [-0.2, -0.15) is 13.2 Å². The molecule has 126 valence electrons. The highest BCUT2D eigenvalue weighted by Crippen LogP contribution is 2.39. The van der Waals surface area contributed by atoms with Crippen LogP contribution in [0.15, 0.2) is 23.9 Å². The van der Waals surface area contributed by atoms with Gasteiger partial charge in [0.2, 0.25) is 0 Å². The van der Waals surface area contributed by atoms with Crippen LogP contribution in [0.25, 0.3) is 0 Å². The first kappa shape index (κ1) is 18.6. The van der Waals surface area contributed by atoms with Gasteiger partial charge in [0.1, 0.15) is 17.1 Å². The number of phenols is 1. The molecule has 0 aliphatic rings. The average molecular weight is 354 g/mol. The highest BCUT2D eigenvalue weighted by molar-refractivity contribution is 6.33. The van der Waals surface area contributed by atoms with Crippen molar-refractivity contribution in [2.45, 2.75) is 6.18 Å². The second kappa shape index (κ2) is 7.23. The zero-order valence-corrected chi connectivity index (χ0v) is 12.6. The van der Waals surface area contributed by atoms with Crippen molar-refractivity contribution >= 4 is 29.2 Å². The monoisotopic (exact) mass is 353 g/mol. The number of ether oxygens (including phenoxy) is 2. The molecule has 23 heavy (non-hydrogen) atoms. The van der Waals surface area contributed by atoms with Crippen LogP contribution in [0.1, 0.15) is 5.56 Å². The van der Waals surface area contributed by atoms with Crippen molar-refractivity contribution in [1.82, 2.24) is 0 Å². The molecule has 0 aromatic heterocycles. The van der Waals surface area contributed by atoms with Crippen molar-refractivity contribution in [3.05, 3.63) is 34.5 Å². The van der Waals surface area contributed by atoms with E-state index in [2.05, 4.69) is 14.8 Å². The summed E-state index contributed by atoms with van der Waals surface area (Å²) in [6, 6.07) is 0.970. The van der Waals surface area contributed by atoms with Gasteiger partial charge < -0.3 is 19.9 Å². The first-order valence-electron chi connectivity index (χ1n) is 5.84. The van der Waals surface area contributed by atoms with Gasteiger partial charge in [-0.1, -0.05) is 11.6 Å². The van der Waals surface area contributed by atoms with Crippen LogP contribution in [0.2, 0.25) is 5.02 Å². The molecule has 0 heterocycles. The number of alkyl halides is 3. The van der Waals surface area contributed by atoms with Crippen LogP contribution in [0.5, 0.6) is 5.75 Å². The lowest BCUT2D eigenvalue weighted by molar-refractivity contribution is -0.138. The minimum Gasteiger partial charge on any atom is -0.506 e. The molecule has 0 unspecified atom stereocenters. The van der Waals surface area contributed by atoms with E-state index in [0.29, 0.717) is 18.2 Å². The Bertz CT molecular complexity index is 634. The fraction of sp³-hybridized carbons (Fsp3) is 0.231. The Hall–Kier alpha value is -2.42. The van der Waals surface area contributed by atoms with Gasteiger partial charge in [-0.25, -0.2) is 9.59 Å². The van der Waals surface area contributed by atoms with Crippen molar-refractivity contribution in [2.75, 3.05) is 19.5 Å². The van der Waals surface area contributed by atoms with E-state index in [1.54, 1.807) is 0 Å². The van der Waals surface area contributed by atoms with Gasteiger partial charge in [-0.05, 0) is 12.1 Å². The van der Waals surface area contributed by atoms with Crippen LogP contribution in [-0.4, -0.2) is 31.3 Å². The topological polar surface area (TPSA) is 84.9 Å². The van der Waals surface area contributed by atoms with E-state index in [4.69, 9.17) is 11.6 Å². The number of aromatic hydroxyl groups is 1. The number of carbonyl (C=O) groups excluding carboxylic acids is 2. The molecule has 6 nitrogen and oxygen atoms in total. The van der Waals surface area contributed by atoms with Crippen molar-refractivity contribution < 1.29 is 37.3 Å². The molecule has 0 amide bonds. The van der Waals surface area contributed by atoms with Gasteiger partial charge in [0, 0.05) is 0 Å². The third kappa shape index (κ3) is 4.78. The number of methoxy groups -OCH3 is 2. The van der Waals surface area contributed by atoms with E-state index in [1.165, 1.54) is 0 Å². The van der Waals surface area contributed by atoms with E-state index in [-0.39, 0.29) is 0 Å². The SMILES string of the molecule is COC(=O)/C=C(/Nc1c(O)cc(C(F)(F)F)cc1Cl)C(=O)OC. The normalized spacial score (nSPS) is 11.8. The van der Waals surface area contributed by atoms with Crippen LogP contribution in [-0.2, 0) is 25.2 Å². The Morgan fingerprint density at radius 3 is 2.30 bits per heavy atom. The quantitative estimate of drug-likeness (QED) is 0.492. The van der Waals surface area contributed by atoms with E-state index >= 15 is 0 Å². The smallest absolute Gasteiger partial charge is 0.416 e. The van der Waals surface area contributed by atoms with Crippen molar-refractivity contribution in [2.24, 2.45) is 0 Å². The molecule has 0 saturated heterocycles. The van der Waals surface area contributed by atoms with Crippen molar-refractivity contribution in [3.8, 4) is 5.75 Å². The molecular formula is C13H11ClF3NO5. The zero-order valence-electron chi connectivity index (χ0n) is 11.8. The third-order valence-electron chi connectivity index (χ3n) is 2.53. The summed E-state index contributed by atoms with van der Waals surface area (Å²) in [5.74, 6) is -2.82. The summed E-state index contributed by atoms with van der Waals surface area (Å²) in [5, 5.41) is 11.4. The summed E-state index contributed by atoms with van der Waals surface area (Å²) in [5.41, 5.74) is -2.07. The largest absolute Gasteiger partial charge is 0.506 e. The van der Waals surface area contributed by atoms with E-state index in [0.717, 1.165) is 14.2 Å². The average Bonchev–Trinajstić information content (AvgIpc) is 2.47. The maximum atomic E-state index is 12.6. The predicted octanol–water partition coefficient (Wildman–Crippen LogP) is 2.71. The number of benzene rings is 1. The van der Waals surface area contributed by atoms with Crippen LogP contribution < -0.4 is 5.32 Å². The molecule has 0 atom stereocenters. The van der Waals surface area contributed by atoms with Crippen LogP contribution >= 0.6 is 11.6 Å². The molecule has 1 rings (SSSR count). The molecule has 2 N–H and O–H groups in total. The van der Waals surface area contributed by atoms with E-state index in [9.17, 15) is 27.9 Å². The fourth-order valence-electron chi connectivity index (χ4n) is 1.45. The predicted molar refractivity (Wildman–Crippen MR) is 73.9 cm³/mol. The van der Waals surface area contributed by atoms with Crippen molar-refractivity contribution in [3.63, 3.8) is 0 Å². The molecule has 0 spiro atoms. The minimum atomic E-state index is -4.72. The lowest BCUT2D eigenvalue weighted by atomic mass is 10.1. The lowest BCUT2D eigenvalue weighted by Crippen LogP contribution is -2.16. The number of halogens is 4. The summed E-state index contributed by atoms with van der Waals surface area (Å²) in [6.07, 6.45) is -4.02. The number of hydrogen-bond donors (Lipinski definition) is 2. The summed E-state index contributed by atoms with van der Waals surface area (Å²) in [7, 11) is 2.07. The van der Waals surface area contributed by atoms with Crippen LogP contribution in [0.3, 0.4) is 0 Å². The first-order chi connectivity index (χ1) is 10.6. The molecule has 0 fully saturated rings. The Labute approximate surface area is 133 Å². The maximum Gasteiger partial charge on any atom is 0.416 e. The van der Waals surface area contributed by atoms with Crippen LogP contribution in [0, 0.1) is 0 Å². The van der Waals surface area contributed by atoms with Crippen molar-refractivity contribution in [1.29, 1.82) is 0 Å². The fourth-order valence-corrected chi connectivity index (χ4v) is 1.71. The Kier molecular flexibility index (Phi) is 5.85. The highest BCUT2D eigenvalue weighted by Gasteiger charge is 2.32. The Morgan fingerprint density at radius 2 is 1.87 bits per heavy atom. The van der Waals surface area contributed by atoms with Gasteiger partial charge in [-0.3, -0.25) is 0 Å². The molecule has 10 heteroatoms. The van der Waals surface area contributed by atoms with Gasteiger partial charge >= 0.3 is 18.1 Å². The van der Waals surface area contributed by atoms with Gasteiger partial charge in [-0.15, -0.1) is 0 Å². The second-order valence-corrected chi connectivity index (χ2v) is 4.45. The van der Waals surface area contributed by atoms with E-state index in [1.807, 2.05) is 0 Å². The third-order valence-corrected chi connectivity index (χ3v) is 2.82. The summed E-state index contributed by atoms with van der Waals surface area (Å²) < 4.78 is 46.6. The molecule has 0 aliphatic carbocycles. The zero-order chi connectivity index (χ0) is 17.8. The number of hydrogen-bond acceptors (Lipinski definition) is 6. The maximum absolute atomic E-state index is 12.6. The standard InChI is InChI=1S/C13H11ClF3NO5/c1-22-10(20)5-8(12(21)23-2)18-11-7(14)3-6(4-9(11)19)13(15,16)17/h3-5,18-19H,1-2H3/b8-5+. The number of anilines is 1. The highest BCUT2D eigenvalue weighted by atomic mass is 35.5. The Balaban J connectivity index is 3.27. The molecule has 0 aliphatic heterocycles. The summed E-state index contributed by atoms with van der Waals surface area (Å²) >= 11 is 5.69. The molecular weight excluding hydrogens is 343 g/mol. The van der Waals surface area contributed by atoms with Gasteiger partial charge in [0.25, 0.3) is 0 Å².